The van der Waals surface area contributed by atoms with E-state index in [9.17, 15) is 14.7 Å². The Labute approximate surface area is 212 Å². The van der Waals surface area contributed by atoms with E-state index in [1.54, 1.807) is 38.3 Å². The van der Waals surface area contributed by atoms with Crippen molar-refractivity contribution in [2.24, 2.45) is 12.1 Å². The SMILES string of the molecule is COc1ccc(OC[C@H](O)Cn2c(NN=C(C)/C=C/c3ccccc3)nc3c2c(=O)[nH]c(=O)n3C)cc1. The van der Waals surface area contributed by atoms with Gasteiger partial charge in [-0.25, -0.2) is 10.2 Å². The molecule has 0 spiro atoms. The van der Waals surface area contributed by atoms with Crippen molar-refractivity contribution in [2.75, 3.05) is 19.1 Å². The van der Waals surface area contributed by atoms with Crippen LogP contribution in [0.15, 0.2) is 75.4 Å². The average Bonchev–Trinajstić information content (AvgIpc) is 3.27. The number of nitrogens with zero attached hydrogens (tertiary/aromatic N) is 4. The van der Waals surface area contributed by atoms with Crippen molar-refractivity contribution in [3.63, 3.8) is 0 Å². The summed E-state index contributed by atoms with van der Waals surface area (Å²) in [5, 5.41) is 15.1. The Balaban J connectivity index is 1.57. The number of aromatic nitrogens is 4. The smallest absolute Gasteiger partial charge is 0.329 e. The first-order chi connectivity index (χ1) is 17.9. The molecule has 0 saturated heterocycles. The molecular weight excluding hydrogens is 476 g/mol. The molecule has 11 nitrogen and oxygen atoms in total. The topological polar surface area (TPSA) is 136 Å². The van der Waals surface area contributed by atoms with E-state index in [4.69, 9.17) is 9.47 Å². The number of aryl methyl sites for hydroxylation is 1. The summed E-state index contributed by atoms with van der Waals surface area (Å²) in [6, 6.07) is 16.7. The molecule has 3 N–H and O–H groups in total. The quantitative estimate of drug-likeness (QED) is 0.223. The molecule has 0 fully saturated rings. The predicted octanol–water partition coefficient (Wildman–Crippen LogP) is 2.37. The van der Waals surface area contributed by atoms with Crippen LogP contribution in [0.5, 0.6) is 11.5 Å². The van der Waals surface area contributed by atoms with Gasteiger partial charge >= 0.3 is 5.69 Å². The minimum absolute atomic E-state index is 0.0370. The molecule has 192 valence electrons. The Bertz CT molecular complexity index is 1530. The number of fused-ring (bicyclic) bond motifs is 1. The lowest BCUT2D eigenvalue weighted by Crippen LogP contribution is -2.30. The van der Waals surface area contributed by atoms with Crippen LogP contribution >= 0.6 is 0 Å². The number of hydrogen-bond acceptors (Lipinski definition) is 8. The fourth-order valence-electron chi connectivity index (χ4n) is 3.58. The van der Waals surface area contributed by atoms with Gasteiger partial charge in [0, 0.05) is 7.05 Å². The molecule has 0 aliphatic rings. The fourth-order valence-corrected chi connectivity index (χ4v) is 3.58. The Morgan fingerprint density at radius 3 is 2.57 bits per heavy atom. The summed E-state index contributed by atoms with van der Waals surface area (Å²) in [5.74, 6) is 1.44. The molecule has 0 aliphatic carbocycles. The number of aromatic amines is 1. The normalized spacial score (nSPS) is 12.7. The largest absolute Gasteiger partial charge is 0.497 e. The van der Waals surface area contributed by atoms with E-state index < -0.39 is 17.4 Å². The van der Waals surface area contributed by atoms with E-state index in [0.717, 1.165) is 5.56 Å². The number of allylic oxidation sites excluding steroid dienone is 1. The minimum atomic E-state index is -1.00. The van der Waals surface area contributed by atoms with Crippen LogP contribution in [0.3, 0.4) is 0 Å². The Hall–Kier alpha value is -4.64. The average molecular weight is 505 g/mol. The highest BCUT2D eigenvalue weighted by atomic mass is 16.5. The molecule has 0 bridgehead atoms. The Kier molecular flexibility index (Phi) is 7.84. The maximum absolute atomic E-state index is 12.7. The summed E-state index contributed by atoms with van der Waals surface area (Å²) in [6.45, 7) is 1.72. The number of imidazole rings is 1. The van der Waals surface area contributed by atoms with Crippen molar-refractivity contribution in [3.8, 4) is 11.5 Å². The highest BCUT2D eigenvalue weighted by Gasteiger charge is 2.20. The summed E-state index contributed by atoms with van der Waals surface area (Å²) in [5.41, 5.74) is 3.60. The van der Waals surface area contributed by atoms with Gasteiger partial charge in [-0.3, -0.25) is 14.3 Å². The number of rotatable bonds is 10. The van der Waals surface area contributed by atoms with Crippen LogP contribution in [0.1, 0.15) is 12.5 Å². The first-order valence-corrected chi connectivity index (χ1v) is 11.5. The number of aliphatic hydroxyl groups is 1. The molecule has 11 heteroatoms. The van der Waals surface area contributed by atoms with Gasteiger partial charge in [-0.15, -0.1) is 0 Å². The molecule has 37 heavy (non-hydrogen) atoms. The highest BCUT2D eigenvalue weighted by molar-refractivity contribution is 5.96. The molecule has 0 aliphatic heterocycles. The van der Waals surface area contributed by atoms with Gasteiger partial charge in [-0.2, -0.15) is 10.1 Å². The summed E-state index contributed by atoms with van der Waals surface area (Å²) in [4.78, 5) is 31.5. The predicted molar refractivity (Wildman–Crippen MR) is 142 cm³/mol. The van der Waals surface area contributed by atoms with Crippen molar-refractivity contribution in [1.82, 2.24) is 19.1 Å². The molecule has 2 heterocycles. The van der Waals surface area contributed by atoms with Crippen LogP contribution < -0.4 is 26.1 Å². The molecule has 0 unspecified atom stereocenters. The lowest BCUT2D eigenvalue weighted by Gasteiger charge is -2.15. The van der Waals surface area contributed by atoms with Crippen LogP contribution in [0.2, 0.25) is 0 Å². The Morgan fingerprint density at radius 1 is 1.16 bits per heavy atom. The summed E-state index contributed by atoms with van der Waals surface area (Å²) in [6.07, 6.45) is 2.74. The molecule has 2 aromatic carbocycles. The summed E-state index contributed by atoms with van der Waals surface area (Å²) < 4.78 is 13.5. The van der Waals surface area contributed by atoms with E-state index >= 15 is 0 Å². The van der Waals surface area contributed by atoms with Crippen molar-refractivity contribution >= 4 is 28.9 Å². The third-order valence-corrected chi connectivity index (χ3v) is 5.55. The number of hydrazone groups is 1. The van der Waals surface area contributed by atoms with E-state index in [1.807, 2.05) is 42.5 Å². The zero-order valence-electron chi connectivity index (χ0n) is 20.7. The van der Waals surface area contributed by atoms with Crippen LogP contribution in [0.25, 0.3) is 17.2 Å². The molecule has 2 aromatic heterocycles. The number of ether oxygens (including phenoxy) is 2. The number of aliphatic hydroxyl groups excluding tert-OH is 1. The molecule has 4 aromatic rings. The molecule has 0 amide bonds. The zero-order chi connectivity index (χ0) is 26.4. The van der Waals surface area contributed by atoms with Crippen molar-refractivity contribution in [2.45, 2.75) is 19.6 Å². The number of benzene rings is 2. The molecule has 0 radical (unpaired) electrons. The van der Waals surface area contributed by atoms with Crippen LogP contribution in [-0.2, 0) is 13.6 Å². The monoisotopic (exact) mass is 504 g/mol. The van der Waals surface area contributed by atoms with Gasteiger partial charge in [0.1, 0.15) is 24.2 Å². The third-order valence-electron chi connectivity index (χ3n) is 5.55. The second-order valence-corrected chi connectivity index (χ2v) is 8.29. The third kappa shape index (κ3) is 6.14. The van der Waals surface area contributed by atoms with Crippen molar-refractivity contribution in [3.05, 3.63) is 87.1 Å². The van der Waals surface area contributed by atoms with Gasteiger partial charge in [0.15, 0.2) is 11.2 Å². The lowest BCUT2D eigenvalue weighted by molar-refractivity contribution is 0.0938. The second-order valence-electron chi connectivity index (χ2n) is 8.29. The van der Waals surface area contributed by atoms with Gasteiger partial charge in [0.25, 0.3) is 5.56 Å². The van der Waals surface area contributed by atoms with Crippen LogP contribution in [0, 0.1) is 0 Å². The molecular formula is C26H28N6O5. The maximum atomic E-state index is 12.7. The molecule has 4 rings (SSSR count). The van der Waals surface area contributed by atoms with Gasteiger partial charge < -0.3 is 19.1 Å². The fraction of sp³-hybridized carbons (Fsp3) is 0.231. The molecule has 1 atom stereocenters. The van der Waals surface area contributed by atoms with Gasteiger partial charge in [-0.05, 0) is 42.8 Å². The van der Waals surface area contributed by atoms with Crippen LogP contribution in [-0.4, -0.2) is 49.7 Å². The van der Waals surface area contributed by atoms with Crippen molar-refractivity contribution in [1.29, 1.82) is 0 Å². The minimum Gasteiger partial charge on any atom is -0.497 e. The maximum Gasteiger partial charge on any atom is 0.329 e. The van der Waals surface area contributed by atoms with Crippen LogP contribution in [0.4, 0.5) is 5.95 Å². The number of anilines is 1. The number of nitrogens with one attached hydrogen (secondary N) is 2. The first kappa shape index (κ1) is 25.5. The molecule has 0 saturated carbocycles. The first-order valence-electron chi connectivity index (χ1n) is 11.5. The highest BCUT2D eigenvalue weighted by Crippen LogP contribution is 2.19. The summed E-state index contributed by atoms with van der Waals surface area (Å²) in [7, 11) is 3.07. The van der Waals surface area contributed by atoms with E-state index in [2.05, 4.69) is 20.5 Å². The lowest BCUT2D eigenvalue weighted by atomic mass is 10.2. The number of H-pyrrole nitrogens is 1. The van der Waals surface area contributed by atoms with Crippen molar-refractivity contribution < 1.29 is 14.6 Å². The summed E-state index contributed by atoms with van der Waals surface area (Å²) >= 11 is 0. The van der Waals surface area contributed by atoms with E-state index in [-0.39, 0.29) is 30.3 Å². The zero-order valence-corrected chi connectivity index (χ0v) is 20.7. The van der Waals surface area contributed by atoms with Gasteiger partial charge in [0.2, 0.25) is 5.95 Å². The van der Waals surface area contributed by atoms with E-state index in [0.29, 0.717) is 17.2 Å². The number of methoxy groups -OCH3 is 1. The van der Waals surface area contributed by atoms with Gasteiger partial charge in [0.05, 0.1) is 19.4 Å². The second kappa shape index (κ2) is 11.4. The Morgan fingerprint density at radius 2 is 1.86 bits per heavy atom. The van der Waals surface area contributed by atoms with E-state index in [1.165, 1.54) is 16.2 Å². The van der Waals surface area contributed by atoms with Gasteiger partial charge in [-0.1, -0.05) is 36.4 Å². The number of hydrogen-bond donors (Lipinski definition) is 3. The standard InChI is InChI=1S/C26H28N6O5/c1-17(9-10-18-7-5-4-6-8-18)29-30-25-27-23-22(24(34)28-26(35)31(23)2)32(25)15-19(33)16-37-21-13-11-20(36-3)12-14-21/h4-14,19,33H,15-16H2,1-3H3,(H,27,30)(H,28,34,35)/b10-9+,29-17?/t19-/m1/s1.